The summed E-state index contributed by atoms with van der Waals surface area (Å²) in [6.07, 6.45) is 5.16. The van der Waals surface area contributed by atoms with Crippen molar-refractivity contribution in [1.29, 1.82) is 0 Å². The zero-order chi connectivity index (χ0) is 15.9. The van der Waals surface area contributed by atoms with Crippen LogP contribution in [-0.4, -0.2) is 32.3 Å². The van der Waals surface area contributed by atoms with Crippen molar-refractivity contribution in [2.24, 2.45) is 0 Å². The summed E-state index contributed by atoms with van der Waals surface area (Å²) in [4.78, 5) is 12.1. The molecule has 0 saturated heterocycles. The highest BCUT2D eigenvalue weighted by Gasteiger charge is 2.29. The normalized spacial score (nSPS) is 23.0. The maximum absolute atomic E-state index is 12.1. The number of amides is 1. The summed E-state index contributed by atoms with van der Waals surface area (Å²) in [5, 5.41) is 12.4. The third-order valence-corrected chi connectivity index (χ3v) is 6.06. The average molecular weight is 323 g/mol. The van der Waals surface area contributed by atoms with Gasteiger partial charge in [0.25, 0.3) is 0 Å². The number of hydrogen-bond donors (Lipinski definition) is 2. The van der Waals surface area contributed by atoms with Crippen molar-refractivity contribution in [3.63, 3.8) is 0 Å². The van der Waals surface area contributed by atoms with Crippen LogP contribution >= 0.6 is 0 Å². The Kier molecular flexibility index (Phi) is 6.43. The summed E-state index contributed by atoms with van der Waals surface area (Å²) in [6, 6.07) is 6.99. The monoisotopic (exact) mass is 323 g/mol. The summed E-state index contributed by atoms with van der Waals surface area (Å²) in [5.41, 5.74) is 1.03. The third kappa shape index (κ3) is 4.83. The van der Waals surface area contributed by atoms with Crippen LogP contribution in [-0.2, 0) is 22.0 Å². The molecule has 2 N–H and O–H groups in total. The Hall–Kier alpha value is -1.36. The topological polar surface area (TPSA) is 66.4 Å². The maximum Gasteiger partial charge on any atom is 0.220 e. The number of aryl methyl sites for hydroxylation is 1. The first kappa shape index (κ1) is 17.0. The number of aromatic hydroxyl groups is 1. The summed E-state index contributed by atoms with van der Waals surface area (Å²) in [6.45, 7) is 1.94. The Labute approximate surface area is 134 Å². The van der Waals surface area contributed by atoms with E-state index in [-0.39, 0.29) is 22.9 Å². The molecule has 2 rings (SSSR count). The van der Waals surface area contributed by atoms with E-state index in [1.165, 1.54) is 0 Å². The molecule has 1 fully saturated rings. The Morgan fingerprint density at radius 3 is 2.64 bits per heavy atom. The molecule has 1 aromatic rings. The van der Waals surface area contributed by atoms with Crippen LogP contribution in [0.2, 0.25) is 0 Å². The highest BCUT2D eigenvalue weighted by Crippen LogP contribution is 2.23. The largest absolute Gasteiger partial charge is 0.508 e. The SMILES string of the molecule is CC[S@](=O)[C@@H]1CCCC[C@@H]1NC(=O)CCc1ccc(O)cc1. The summed E-state index contributed by atoms with van der Waals surface area (Å²) in [5.74, 6) is 0.920. The van der Waals surface area contributed by atoms with Crippen LogP contribution in [0.25, 0.3) is 0 Å². The lowest BCUT2D eigenvalue weighted by Gasteiger charge is -2.31. The molecule has 1 saturated carbocycles. The molecule has 22 heavy (non-hydrogen) atoms. The van der Waals surface area contributed by atoms with Crippen molar-refractivity contribution in [3.8, 4) is 5.75 Å². The molecule has 1 aliphatic carbocycles. The number of phenolic OH excluding ortho intramolecular Hbond substituents is 1. The average Bonchev–Trinajstić information content (AvgIpc) is 2.54. The van der Waals surface area contributed by atoms with E-state index in [0.717, 1.165) is 31.2 Å². The van der Waals surface area contributed by atoms with E-state index < -0.39 is 10.8 Å². The number of rotatable bonds is 6. The predicted octanol–water partition coefficient (Wildman–Crippen LogP) is 2.52. The molecule has 1 aliphatic rings. The second-order valence-corrected chi connectivity index (χ2v) is 7.78. The number of benzene rings is 1. The van der Waals surface area contributed by atoms with Gasteiger partial charge in [-0.25, -0.2) is 0 Å². The van der Waals surface area contributed by atoms with Gasteiger partial charge in [-0.3, -0.25) is 9.00 Å². The number of nitrogens with one attached hydrogen (secondary N) is 1. The van der Waals surface area contributed by atoms with E-state index in [4.69, 9.17) is 0 Å². The van der Waals surface area contributed by atoms with Gasteiger partial charge in [-0.1, -0.05) is 31.9 Å². The number of carbonyl (C=O) groups is 1. The van der Waals surface area contributed by atoms with Gasteiger partial charge in [0.05, 0.1) is 5.25 Å². The molecule has 0 radical (unpaired) electrons. The Morgan fingerprint density at radius 2 is 1.95 bits per heavy atom. The van der Waals surface area contributed by atoms with Gasteiger partial charge in [0.2, 0.25) is 5.91 Å². The van der Waals surface area contributed by atoms with Crippen LogP contribution < -0.4 is 5.32 Å². The Bertz CT molecular complexity index is 515. The zero-order valence-corrected chi connectivity index (χ0v) is 13.9. The summed E-state index contributed by atoms with van der Waals surface area (Å²) < 4.78 is 12.1. The second-order valence-electron chi connectivity index (χ2n) is 5.83. The van der Waals surface area contributed by atoms with Crippen molar-refractivity contribution in [3.05, 3.63) is 29.8 Å². The number of phenols is 1. The first-order chi connectivity index (χ1) is 10.6. The molecule has 0 spiro atoms. The molecule has 0 aromatic heterocycles. The predicted molar refractivity (Wildman–Crippen MR) is 89.3 cm³/mol. The molecule has 1 aromatic carbocycles. The minimum Gasteiger partial charge on any atom is -0.508 e. The van der Waals surface area contributed by atoms with Crippen LogP contribution in [0.5, 0.6) is 5.75 Å². The van der Waals surface area contributed by atoms with Crippen molar-refractivity contribution >= 4 is 16.7 Å². The van der Waals surface area contributed by atoms with Gasteiger partial charge in [0.15, 0.2) is 0 Å². The van der Waals surface area contributed by atoms with Gasteiger partial charge in [-0.2, -0.15) is 0 Å². The Balaban J connectivity index is 1.84. The fraction of sp³-hybridized carbons (Fsp3) is 0.588. The van der Waals surface area contributed by atoms with Crippen LogP contribution in [0.4, 0.5) is 0 Å². The highest BCUT2D eigenvalue weighted by atomic mass is 32.2. The molecule has 4 nitrogen and oxygen atoms in total. The van der Waals surface area contributed by atoms with Gasteiger partial charge < -0.3 is 10.4 Å². The molecule has 122 valence electrons. The Morgan fingerprint density at radius 1 is 1.27 bits per heavy atom. The van der Waals surface area contributed by atoms with Gasteiger partial charge >= 0.3 is 0 Å². The zero-order valence-electron chi connectivity index (χ0n) is 13.1. The minimum absolute atomic E-state index is 0.0260. The molecule has 3 atom stereocenters. The van der Waals surface area contributed by atoms with E-state index >= 15 is 0 Å². The van der Waals surface area contributed by atoms with Gasteiger partial charge in [0.1, 0.15) is 5.75 Å². The molecule has 0 unspecified atom stereocenters. The minimum atomic E-state index is -0.845. The molecule has 5 heteroatoms. The van der Waals surface area contributed by atoms with Crippen LogP contribution in [0, 0.1) is 0 Å². The fourth-order valence-corrected chi connectivity index (χ4v) is 4.42. The lowest BCUT2D eigenvalue weighted by molar-refractivity contribution is -0.121. The van der Waals surface area contributed by atoms with E-state index in [2.05, 4.69) is 5.32 Å². The van der Waals surface area contributed by atoms with Gasteiger partial charge in [-0.05, 0) is 37.0 Å². The molecule has 0 aliphatic heterocycles. The lowest BCUT2D eigenvalue weighted by atomic mass is 9.94. The van der Waals surface area contributed by atoms with E-state index in [1.54, 1.807) is 12.1 Å². The summed E-state index contributed by atoms with van der Waals surface area (Å²) >= 11 is 0. The van der Waals surface area contributed by atoms with Gasteiger partial charge in [0, 0.05) is 29.0 Å². The molecule has 0 heterocycles. The smallest absolute Gasteiger partial charge is 0.220 e. The van der Waals surface area contributed by atoms with Gasteiger partial charge in [-0.15, -0.1) is 0 Å². The maximum atomic E-state index is 12.1. The summed E-state index contributed by atoms with van der Waals surface area (Å²) in [7, 11) is -0.845. The molecular weight excluding hydrogens is 298 g/mol. The van der Waals surface area contributed by atoms with Crippen LogP contribution in [0.1, 0.15) is 44.6 Å². The number of carbonyl (C=O) groups excluding carboxylic acids is 1. The highest BCUT2D eigenvalue weighted by molar-refractivity contribution is 7.85. The second kappa shape index (κ2) is 8.32. The number of hydrogen-bond acceptors (Lipinski definition) is 3. The molecule has 0 bridgehead atoms. The molecule has 1 amide bonds. The third-order valence-electron chi connectivity index (χ3n) is 4.25. The van der Waals surface area contributed by atoms with Crippen molar-refractivity contribution in [1.82, 2.24) is 5.32 Å². The van der Waals surface area contributed by atoms with Crippen molar-refractivity contribution in [2.45, 2.75) is 56.7 Å². The van der Waals surface area contributed by atoms with Crippen LogP contribution in [0.3, 0.4) is 0 Å². The quantitative estimate of drug-likeness (QED) is 0.845. The van der Waals surface area contributed by atoms with E-state index in [0.29, 0.717) is 18.6 Å². The standard InChI is InChI=1S/C17H25NO3S/c1-2-22(21)16-6-4-3-5-15(16)18-17(20)12-9-13-7-10-14(19)11-8-13/h7-8,10-11,15-16,19H,2-6,9,12H2,1H3,(H,18,20)/t15-,16+,22-/m0/s1. The first-order valence-corrected chi connectivity index (χ1v) is 9.42. The fourth-order valence-electron chi connectivity index (χ4n) is 2.99. The first-order valence-electron chi connectivity index (χ1n) is 8.04. The van der Waals surface area contributed by atoms with Crippen molar-refractivity contribution in [2.75, 3.05) is 5.75 Å². The van der Waals surface area contributed by atoms with E-state index in [1.807, 2.05) is 19.1 Å². The van der Waals surface area contributed by atoms with Crippen molar-refractivity contribution < 1.29 is 14.1 Å². The molecular formula is C17H25NO3S. The van der Waals surface area contributed by atoms with E-state index in [9.17, 15) is 14.1 Å². The van der Waals surface area contributed by atoms with Crippen LogP contribution in [0.15, 0.2) is 24.3 Å². The lowest BCUT2D eigenvalue weighted by Crippen LogP contribution is -2.47.